The van der Waals surface area contributed by atoms with E-state index in [-0.39, 0.29) is 22.7 Å². The summed E-state index contributed by atoms with van der Waals surface area (Å²) in [6.45, 7) is 19.5. The number of benzene rings is 2. The van der Waals surface area contributed by atoms with E-state index < -0.39 is 0 Å². The Morgan fingerprint density at radius 3 is 1.85 bits per heavy atom. The van der Waals surface area contributed by atoms with Gasteiger partial charge in [0.15, 0.2) is 0 Å². The van der Waals surface area contributed by atoms with Gasteiger partial charge in [-0.25, -0.2) is 0 Å². The van der Waals surface area contributed by atoms with Crippen molar-refractivity contribution in [3.8, 4) is 5.75 Å². The Hall–Kier alpha value is -2.09. The normalized spacial score (nSPS) is 17.1. The smallest absolute Gasteiger partial charge is 0.323 e. The molecule has 0 saturated carbocycles. The van der Waals surface area contributed by atoms with Gasteiger partial charge in [0.25, 0.3) is 0 Å². The van der Waals surface area contributed by atoms with E-state index in [1.54, 1.807) is 0 Å². The molecule has 0 bridgehead atoms. The lowest BCUT2D eigenvalue weighted by Crippen LogP contribution is -2.17. The van der Waals surface area contributed by atoms with E-state index in [0.29, 0.717) is 0 Å². The third kappa shape index (κ3) is 3.42. The number of carbonyl (C=O) groups excluding carboxylic acids is 1. The molecular weight excluding hydrogens is 332 g/mol. The Kier molecular flexibility index (Phi) is 4.53. The Morgan fingerprint density at radius 2 is 1.37 bits per heavy atom. The van der Waals surface area contributed by atoms with Gasteiger partial charge in [0.2, 0.25) is 0 Å². The summed E-state index contributed by atoms with van der Waals surface area (Å²) < 4.78 is 5.87. The molecule has 3 rings (SSSR count). The summed E-state index contributed by atoms with van der Waals surface area (Å²) in [6, 6.07) is 8.69. The Balaban J connectivity index is 2.28. The van der Waals surface area contributed by atoms with Crippen LogP contribution in [0.1, 0.15) is 86.4 Å². The van der Waals surface area contributed by atoms with Gasteiger partial charge in [-0.3, -0.25) is 4.79 Å². The molecule has 0 spiro atoms. The van der Waals surface area contributed by atoms with Crippen LogP contribution in [0, 0.1) is 20.8 Å². The summed E-state index contributed by atoms with van der Waals surface area (Å²) in [7, 11) is 0. The lowest BCUT2D eigenvalue weighted by Gasteiger charge is -2.27. The maximum atomic E-state index is 13.0. The molecule has 1 heterocycles. The molecule has 0 fully saturated rings. The van der Waals surface area contributed by atoms with Gasteiger partial charge in [0.1, 0.15) is 11.7 Å². The Labute approximate surface area is 164 Å². The minimum atomic E-state index is -0.346. The third-order valence-electron chi connectivity index (χ3n) is 5.82. The van der Waals surface area contributed by atoms with Crippen molar-refractivity contribution in [3.05, 3.63) is 63.2 Å². The van der Waals surface area contributed by atoms with Crippen LogP contribution in [-0.4, -0.2) is 5.97 Å². The molecule has 0 N–H and O–H groups in total. The first-order chi connectivity index (χ1) is 12.3. The van der Waals surface area contributed by atoms with Gasteiger partial charge >= 0.3 is 5.97 Å². The van der Waals surface area contributed by atoms with Crippen LogP contribution >= 0.6 is 0 Å². The van der Waals surface area contributed by atoms with E-state index in [2.05, 4.69) is 86.6 Å². The average Bonchev–Trinajstić information content (AvgIpc) is 2.85. The van der Waals surface area contributed by atoms with Gasteiger partial charge in [-0.15, -0.1) is 0 Å². The zero-order valence-corrected chi connectivity index (χ0v) is 18.2. The second-order valence-corrected chi connectivity index (χ2v) is 10.1. The highest BCUT2D eigenvalue weighted by Gasteiger charge is 2.39. The topological polar surface area (TPSA) is 26.3 Å². The van der Waals surface area contributed by atoms with Gasteiger partial charge in [-0.1, -0.05) is 65.8 Å². The third-order valence-corrected chi connectivity index (χ3v) is 5.82. The van der Waals surface area contributed by atoms with Gasteiger partial charge in [0, 0.05) is 11.1 Å². The molecule has 2 aromatic rings. The molecule has 2 aromatic carbocycles. The van der Waals surface area contributed by atoms with Crippen molar-refractivity contribution < 1.29 is 9.53 Å². The molecule has 1 aliphatic rings. The summed E-state index contributed by atoms with van der Waals surface area (Å²) in [4.78, 5) is 13.0. The van der Waals surface area contributed by atoms with E-state index in [1.807, 2.05) is 0 Å². The maximum absolute atomic E-state index is 13.0. The van der Waals surface area contributed by atoms with Crippen LogP contribution in [0.3, 0.4) is 0 Å². The standard InChI is InChI=1S/C25H32O2/c1-14-10-17(11-15(2)16(14)3)21-19-12-18(24(4,5)6)13-20(25(7,8)9)22(19)27-23(21)26/h10-13,21H,1-9H3. The molecule has 1 atom stereocenters. The van der Waals surface area contributed by atoms with Gasteiger partial charge in [-0.05, 0) is 59.4 Å². The average molecular weight is 365 g/mol. The molecular formula is C25H32O2. The number of ether oxygens (including phenoxy) is 1. The first kappa shape index (κ1) is 19.7. The van der Waals surface area contributed by atoms with Crippen molar-refractivity contribution in [2.75, 3.05) is 0 Å². The molecule has 2 heteroatoms. The summed E-state index contributed by atoms with van der Waals surface area (Å²) >= 11 is 0. The van der Waals surface area contributed by atoms with Crippen LogP contribution < -0.4 is 4.74 Å². The predicted molar refractivity (Wildman–Crippen MR) is 112 cm³/mol. The fourth-order valence-corrected chi connectivity index (χ4v) is 3.81. The zero-order chi connectivity index (χ0) is 20.3. The monoisotopic (exact) mass is 364 g/mol. The van der Waals surface area contributed by atoms with E-state index in [9.17, 15) is 4.79 Å². The van der Waals surface area contributed by atoms with Crippen molar-refractivity contribution in [3.63, 3.8) is 0 Å². The number of hydrogen-bond donors (Lipinski definition) is 0. The molecule has 0 amide bonds. The van der Waals surface area contributed by atoms with E-state index >= 15 is 0 Å². The number of rotatable bonds is 1. The highest BCUT2D eigenvalue weighted by atomic mass is 16.5. The number of fused-ring (bicyclic) bond motifs is 1. The number of aryl methyl sites for hydroxylation is 2. The second-order valence-electron chi connectivity index (χ2n) is 10.1. The lowest BCUT2D eigenvalue weighted by molar-refractivity contribution is -0.133. The Morgan fingerprint density at radius 1 is 0.815 bits per heavy atom. The molecule has 0 saturated heterocycles. The van der Waals surface area contributed by atoms with Crippen LogP contribution in [-0.2, 0) is 15.6 Å². The van der Waals surface area contributed by atoms with Crippen molar-refractivity contribution in [1.82, 2.24) is 0 Å². The molecule has 1 unspecified atom stereocenters. The van der Waals surface area contributed by atoms with Crippen molar-refractivity contribution in [1.29, 1.82) is 0 Å². The molecule has 0 aromatic heterocycles. The fraction of sp³-hybridized carbons (Fsp3) is 0.480. The molecule has 0 radical (unpaired) electrons. The van der Waals surface area contributed by atoms with Crippen molar-refractivity contribution in [2.45, 2.75) is 79.1 Å². The maximum Gasteiger partial charge on any atom is 0.323 e. The van der Waals surface area contributed by atoms with E-state index in [0.717, 1.165) is 22.4 Å². The fourth-order valence-electron chi connectivity index (χ4n) is 3.81. The van der Waals surface area contributed by atoms with Crippen LogP contribution in [0.4, 0.5) is 0 Å². The Bertz CT molecular complexity index is 898. The number of hydrogen-bond acceptors (Lipinski definition) is 2. The summed E-state index contributed by atoms with van der Waals surface area (Å²) in [5.74, 6) is 0.256. The first-order valence-corrected chi connectivity index (χ1v) is 9.79. The SMILES string of the molecule is Cc1cc(C2C(=O)Oc3c2cc(C(C)(C)C)cc3C(C)(C)C)cc(C)c1C. The highest BCUT2D eigenvalue weighted by Crippen LogP contribution is 2.47. The quantitative estimate of drug-likeness (QED) is 0.441. The van der Waals surface area contributed by atoms with Crippen LogP contribution in [0.5, 0.6) is 5.75 Å². The van der Waals surface area contributed by atoms with Gasteiger partial charge in [-0.2, -0.15) is 0 Å². The minimum Gasteiger partial charge on any atom is -0.425 e. The van der Waals surface area contributed by atoms with Crippen LogP contribution in [0.25, 0.3) is 0 Å². The molecule has 144 valence electrons. The van der Waals surface area contributed by atoms with E-state index in [1.165, 1.54) is 22.3 Å². The molecule has 27 heavy (non-hydrogen) atoms. The van der Waals surface area contributed by atoms with Gasteiger partial charge < -0.3 is 4.74 Å². The summed E-state index contributed by atoms with van der Waals surface area (Å²) in [6.07, 6.45) is 0. The first-order valence-electron chi connectivity index (χ1n) is 9.79. The molecule has 0 aliphatic carbocycles. The van der Waals surface area contributed by atoms with E-state index in [4.69, 9.17) is 4.74 Å². The molecule has 1 aliphatic heterocycles. The van der Waals surface area contributed by atoms with Gasteiger partial charge in [0.05, 0.1) is 0 Å². The van der Waals surface area contributed by atoms with Crippen molar-refractivity contribution in [2.24, 2.45) is 0 Å². The van der Waals surface area contributed by atoms with Crippen LogP contribution in [0.2, 0.25) is 0 Å². The summed E-state index contributed by atoms with van der Waals surface area (Å²) in [5.41, 5.74) is 8.03. The number of carbonyl (C=O) groups is 1. The van der Waals surface area contributed by atoms with Crippen LogP contribution in [0.15, 0.2) is 24.3 Å². The zero-order valence-electron chi connectivity index (χ0n) is 18.2. The highest BCUT2D eigenvalue weighted by molar-refractivity contribution is 5.90. The largest absolute Gasteiger partial charge is 0.425 e. The second kappa shape index (κ2) is 6.22. The van der Waals surface area contributed by atoms with Crippen molar-refractivity contribution >= 4 is 5.97 Å². The predicted octanol–water partition coefficient (Wildman–Crippen LogP) is 6.26. The summed E-state index contributed by atoms with van der Waals surface area (Å²) in [5, 5.41) is 0. The minimum absolute atomic E-state index is 0.00429. The lowest BCUT2D eigenvalue weighted by atomic mass is 9.77. The number of esters is 1. The molecule has 2 nitrogen and oxygen atoms in total.